The van der Waals surface area contributed by atoms with Gasteiger partial charge in [-0.15, -0.1) is 0 Å². The molecule has 4 heterocycles. The van der Waals surface area contributed by atoms with Crippen LogP contribution in [0, 0.1) is 11.7 Å². The minimum atomic E-state index is -0.222. The summed E-state index contributed by atoms with van der Waals surface area (Å²) in [6, 6.07) is 8.96. The molecule has 2 aromatic rings. The first-order chi connectivity index (χ1) is 17.5. The first kappa shape index (κ1) is 25.1. The van der Waals surface area contributed by atoms with Crippen LogP contribution in [0.1, 0.15) is 51.0 Å². The number of aromatic nitrogens is 2. The quantitative estimate of drug-likeness (QED) is 0.549. The van der Waals surface area contributed by atoms with Crippen molar-refractivity contribution in [3.8, 4) is 0 Å². The number of nitrogens with zero attached hydrogens (tertiary/aromatic N) is 4. The predicted octanol–water partition coefficient (Wildman–Crippen LogP) is 4.49. The van der Waals surface area contributed by atoms with Gasteiger partial charge >= 0.3 is 0 Å². The van der Waals surface area contributed by atoms with Crippen molar-refractivity contribution < 1.29 is 9.13 Å². The third kappa shape index (κ3) is 5.89. The van der Waals surface area contributed by atoms with Gasteiger partial charge in [-0.2, -0.15) is 9.97 Å². The average molecular weight is 513 g/mol. The maximum absolute atomic E-state index is 13.6. The molecule has 0 saturated carbocycles. The average Bonchev–Trinajstić information content (AvgIpc) is 3.44. The molecule has 1 aromatic carbocycles. The van der Waals surface area contributed by atoms with Crippen molar-refractivity contribution in [2.75, 3.05) is 61.1 Å². The standard InChI is InChI=1S/C27H37FN6OS/c1-20-5-4-14-34(18-20)24-17-23(33-12-2-3-13-33)30-25(31-24)32-26(36)29-19-27(10-15-35-16-11-27)21-6-8-22(28)9-7-21/h6-9,17,20H,2-5,10-16,18-19H2,1H3,(H2,29,30,31,32,36)/t20-/m0/s1. The van der Waals surface area contributed by atoms with Gasteiger partial charge in [0.2, 0.25) is 5.95 Å². The van der Waals surface area contributed by atoms with Crippen molar-refractivity contribution >= 4 is 34.9 Å². The zero-order valence-electron chi connectivity index (χ0n) is 21.1. The van der Waals surface area contributed by atoms with Crippen LogP contribution in [0.5, 0.6) is 0 Å². The molecule has 1 atom stereocenters. The van der Waals surface area contributed by atoms with Crippen molar-refractivity contribution in [1.29, 1.82) is 0 Å². The van der Waals surface area contributed by atoms with Gasteiger partial charge in [-0.05, 0) is 74.4 Å². The van der Waals surface area contributed by atoms with Crippen molar-refractivity contribution in [3.05, 3.63) is 41.7 Å². The third-order valence-corrected chi connectivity index (χ3v) is 8.08. The molecule has 36 heavy (non-hydrogen) atoms. The lowest BCUT2D eigenvalue weighted by atomic mass is 9.74. The summed E-state index contributed by atoms with van der Waals surface area (Å²) in [4.78, 5) is 14.4. The fourth-order valence-corrected chi connectivity index (χ4v) is 5.84. The highest BCUT2D eigenvalue weighted by Gasteiger charge is 2.34. The topological polar surface area (TPSA) is 65.5 Å². The lowest BCUT2D eigenvalue weighted by molar-refractivity contribution is 0.0515. The number of hydrogen-bond donors (Lipinski definition) is 2. The summed E-state index contributed by atoms with van der Waals surface area (Å²) in [7, 11) is 0. The monoisotopic (exact) mass is 512 g/mol. The molecule has 3 aliphatic rings. The van der Waals surface area contributed by atoms with Crippen LogP contribution < -0.4 is 20.4 Å². The van der Waals surface area contributed by atoms with E-state index in [1.807, 2.05) is 12.1 Å². The van der Waals surface area contributed by atoms with Gasteiger partial charge in [0.1, 0.15) is 17.5 Å². The van der Waals surface area contributed by atoms with Crippen molar-refractivity contribution in [2.24, 2.45) is 5.92 Å². The van der Waals surface area contributed by atoms with E-state index in [-0.39, 0.29) is 11.2 Å². The summed E-state index contributed by atoms with van der Waals surface area (Å²) >= 11 is 5.70. The van der Waals surface area contributed by atoms with Crippen molar-refractivity contribution in [1.82, 2.24) is 15.3 Å². The highest BCUT2D eigenvalue weighted by molar-refractivity contribution is 7.80. The van der Waals surface area contributed by atoms with Crippen LogP contribution in [0.25, 0.3) is 0 Å². The molecule has 5 rings (SSSR count). The number of benzene rings is 1. The van der Waals surface area contributed by atoms with Gasteiger partial charge in [0.15, 0.2) is 5.11 Å². The van der Waals surface area contributed by atoms with E-state index in [0.29, 0.717) is 36.7 Å². The summed E-state index contributed by atoms with van der Waals surface area (Å²) in [5, 5.41) is 7.18. The largest absolute Gasteiger partial charge is 0.381 e. The Morgan fingerprint density at radius 2 is 1.72 bits per heavy atom. The summed E-state index contributed by atoms with van der Waals surface area (Å²) in [6.07, 6.45) is 6.54. The van der Waals surface area contributed by atoms with Crippen molar-refractivity contribution in [3.63, 3.8) is 0 Å². The zero-order valence-corrected chi connectivity index (χ0v) is 22.0. The Kier molecular flexibility index (Phi) is 7.86. The second-order valence-corrected chi connectivity index (χ2v) is 10.9. The van der Waals surface area contributed by atoms with E-state index in [1.54, 1.807) is 0 Å². The van der Waals surface area contributed by atoms with Gasteiger partial charge < -0.3 is 25.2 Å². The number of piperidine rings is 1. The number of ether oxygens (including phenoxy) is 1. The maximum atomic E-state index is 13.6. The lowest BCUT2D eigenvalue weighted by Gasteiger charge is -2.38. The minimum absolute atomic E-state index is 0.162. The normalized spacial score (nSPS) is 21.9. The minimum Gasteiger partial charge on any atom is -0.381 e. The van der Waals surface area contributed by atoms with E-state index in [2.05, 4.69) is 33.4 Å². The highest BCUT2D eigenvalue weighted by atomic mass is 32.1. The predicted molar refractivity (Wildman–Crippen MR) is 146 cm³/mol. The fraction of sp³-hybridized carbons (Fsp3) is 0.593. The smallest absolute Gasteiger partial charge is 0.232 e. The summed E-state index contributed by atoms with van der Waals surface area (Å²) < 4.78 is 19.2. The van der Waals surface area contributed by atoms with E-state index in [9.17, 15) is 4.39 Å². The molecule has 1 aromatic heterocycles. The number of nitrogens with one attached hydrogen (secondary N) is 2. The second-order valence-electron chi connectivity index (χ2n) is 10.5. The lowest BCUT2D eigenvalue weighted by Crippen LogP contribution is -2.45. The van der Waals surface area contributed by atoms with Crippen LogP contribution in [0.4, 0.5) is 22.0 Å². The highest BCUT2D eigenvalue weighted by Crippen LogP contribution is 2.34. The molecule has 0 aliphatic carbocycles. The third-order valence-electron chi connectivity index (χ3n) is 7.83. The van der Waals surface area contributed by atoms with Crippen LogP contribution in [0.2, 0.25) is 0 Å². The Balaban J connectivity index is 1.31. The molecule has 0 unspecified atom stereocenters. The maximum Gasteiger partial charge on any atom is 0.232 e. The Morgan fingerprint density at radius 3 is 2.42 bits per heavy atom. The molecular weight excluding hydrogens is 475 g/mol. The van der Waals surface area contributed by atoms with Gasteiger partial charge in [0.05, 0.1) is 0 Å². The molecule has 3 fully saturated rings. The second kappa shape index (κ2) is 11.3. The van der Waals surface area contributed by atoms with Gasteiger partial charge in [-0.25, -0.2) is 4.39 Å². The molecule has 7 nitrogen and oxygen atoms in total. The zero-order chi connectivity index (χ0) is 25.0. The SMILES string of the molecule is C[C@H]1CCCN(c2cc(N3CCCC3)nc(NC(=S)NCC3(c4ccc(F)cc4)CCOCC3)n2)C1. The van der Waals surface area contributed by atoms with E-state index >= 15 is 0 Å². The van der Waals surface area contributed by atoms with Gasteiger partial charge in [-0.1, -0.05) is 19.1 Å². The Hall–Kier alpha value is -2.52. The summed E-state index contributed by atoms with van der Waals surface area (Å²) in [5.74, 6) is 2.91. The molecule has 3 aliphatic heterocycles. The van der Waals surface area contributed by atoms with Crippen LogP contribution in [0.3, 0.4) is 0 Å². The number of rotatable bonds is 6. The Bertz CT molecular complexity index is 1040. The molecule has 194 valence electrons. The van der Waals surface area contributed by atoms with Crippen LogP contribution >= 0.6 is 12.2 Å². The molecule has 0 bridgehead atoms. The molecular formula is C27H37FN6OS. The van der Waals surface area contributed by atoms with E-state index in [4.69, 9.17) is 26.9 Å². The Morgan fingerprint density at radius 1 is 1.06 bits per heavy atom. The van der Waals surface area contributed by atoms with Gasteiger partial charge in [0, 0.05) is 57.4 Å². The molecule has 3 saturated heterocycles. The van der Waals surface area contributed by atoms with Gasteiger partial charge in [-0.3, -0.25) is 0 Å². The van der Waals surface area contributed by atoms with E-state index in [0.717, 1.165) is 56.2 Å². The molecule has 2 N–H and O–H groups in total. The molecule has 0 spiro atoms. The number of hydrogen-bond acceptors (Lipinski definition) is 6. The Labute approximate surface area is 218 Å². The summed E-state index contributed by atoms with van der Waals surface area (Å²) in [6.45, 7) is 8.38. The van der Waals surface area contributed by atoms with E-state index in [1.165, 1.54) is 37.8 Å². The fourth-order valence-electron chi connectivity index (χ4n) is 5.67. The van der Waals surface area contributed by atoms with Gasteiger partial charge in [0.25, 0.3) is 0 Å². The first-order valence-electron chi connectivity index (χ1n) is 13.3. The number of thiocarbonyl (C=S) groups is 1. The van der Waals surface area contributed by atoms with Crippen LogP contribution in [0.15, 0.2) is 30.3 Å². The molecule has 0 radical (unpaired) electrons. The van der Waals surface area contributed by atoms with Crippen LogP contribution in [-0.2, 0) is 10.2 Å². The van der Waals surface area contributed by atoms with Crippen molar-refractivity contribution in [2.45, 2.75) is 50.9 Å². The molecule has 9 heteroatoms. The van der Waals surface area contributed by atoms with Crippen LogP contribution in [-0.4, -0.2) is 61.0 Å². The molecule has 0 amide bonds. The number of anilines is 3. The van der Waals surface area contributed by atoms with E-state index < -0.39 is 0 Å². The first-order valence-corrected chi connectivity index (χ1v) is 13.7. The summed E-state index contributed by atoms with van der Waals surface area (Å²) in [5.41, 5.74) is 0.946. The number of halogens is 1.